The number of amides is 3. The van der Waals surface area contributed by atoms with Crippen LogP contribution in [0.2, 0.25) is 0 Å². The van der Waals surface area contributed by atoms with E-state index in [1.807, 2.05) is 0 Å². The number of methoxy groups -OCH3 is 1. The van der Waals surface area contributed by atoms with Crippen molar-refractivity contribution in [3.63, 3.8) is 0 Å². The minimum absolute atomic E-state index is 0.0130. The standard InChI is InChI=1S/C20H17N3O7/c1-30-18(25)12-21(10-13-5-3-2-4-6-13)17(24)11-22-19(26)15-8-7-14(23(28)29)9-16(15)20(22)27/h2-9H,10-12H2,1H3. The van der Waals surface area contributed by atoms with Gasteiger partial charge in [0.1, 0.15) is 13.1 Å². The third kappa shape index (κ3) is 4.17. The predicted molar refractivity (Wildman–Crippen MR) is 102 cm³/mol. The third-order valence-corrected chi connectivity index (χ3v) is 4.58. The Morgan fingerprint density at radius 1 is 1.07 bits per heavy atom. The van der Waals surface area contributed by atoms with Crippen LogP contribution in [0.15, 0.2) is 48.5 Å². The second kappa shape index (κ2) is 8.52. The normalized spacial score (nSPS) is 12.5. The molecule has 0 saturated heterocycles. The molecule has 2 aromatic carbocycles. The quantitative estimate of drug-likeness (QED) is 0.292. The number of imide groups is 1. The Balaban J connectivity index is 1.80. The maximum absolute atomic E-state index is 12.8. The Bertz CT molecular complexity index is 1040. The van der Waals surface area contributed by atoms with Crippen molar-refractivity contribution in [2.45, 2.75) is 6.54 Å². The van der Waals surface area contributed by atoms with Gasteiger partial charge in [0.25, 0.3) is 17.5 Å². The number of fused-ring (bicyclic) bond motifs is 1. The Labute approximate surface area is 170 Å². The summed E-state index contributed by atoms with van der Waals surface area (Å²) in [5, 5.41) is 10.9. The van der Waals surface area contributed by atoms with Gasteiger partial charge in [-0.05, 0) is 11.6 Å². The average molecular weight is 411 g/mol. The Morgan fingerprint density at radius 3 is 2.37 bits per heavy atom. The van der Waals surface area contributed by atoms with E-state index >= 15 is 0 Å². The molecule has 0 radical (unpaired) electrons. The number of rotatable bonds is 7. The Kier molecular flexibility index (Phi) is 5.86. The van der Waals surface area contributed by atoms with Crippen molar-refractivity contribution in [2.75, 3.05) is 20.2 Å². The molecule has 10 heteroatoms. The summed E-state index contributed by atoms with van der Waals surface area (Å²) < 4.78 is 4.62. The van der Waals surface area contributed by atoms with Crippen molar-refractivity contribution in [3.05, 3.63) is 75.3 Å². The van der Waals surface area contributed by atoms with Crippen LogP contribution in [0.3, 0.4) is 0 Å². The fraction of sp³-hybridized carbons (Fsp3) is 0.200. The molecule has 0 spiro atoms. The molecular weight excluding hydrogens is 394 g/mol. The largest absolute Gasteiger partial charge is 0.468 e. The number of hydrogen-bond donors (Lipinski definition) is 0. The summed E-state index contributed by atoms with van der Waals surface area (Å²) in [4.78, 5) is 61.9. The Hall–Kier alpha value is -4.08. The molecular formula is C20H17N3O7. The van der Waals surface area contributed by atoms with E-state index in [2.05, 4.69) is 4.74 Å². The highest BCUT2D eigenvalue weighted by atomic mass is 16.6. The predicted octanol–water partition coefficient (Wildman–Crippen LogP) is 1.39. The first kappa shape index (κ1) is 20.6. The highest BCUT2D eigenvalue weighted by Gasteiger charge is 2.38. The zero-order valence-corrected chi connectivity index (χ0v) is 15.9. The molecule has 3 amide bonds. The lowest BCUT2D eigenvalue weighted by molar-refractivity contribution is -0.384. The molecule has 154 valence electrons. The lowest BCUT2D eigenvalue weighted by atomic mass is 10.1. The number of ether oxygens (including phenoxy) is 1. The summed E-state index contributed by atoms with van der Waals surface area (Å²) in [6.07, 6.45) is 0. The maximum Gasteiger partial charge on any atom is 0.325 e. The van der Waals surface area contributed by atoms with Crippen molar-refractivity contribution < 1.29 is 28.8 Å². The van der Waals surface area contributed by atoms with Gasteiger partial charge in [0, 0.05) is 18.7 Å². The van der Waals surface area contributed by atoms with Gasteiger partial charge in [-0.15, -0.1) is 0 Å². The number of non-ortho nitro benzene ring substituents is 1. The summed E-state index contributed by atoms with van der Waals surface area (Å²) in [6.45, 7) is -0.897. The van der Waals surface area contributed by atoms with Crippen LogP contribution in [-0.4, -0.2) is 58.6 Å². The molecule has 0 bridgehead atoms. The van der Waals surface area contributed by atoms with Gasteiger partial charge >= 0.3 is 5.97 Å². The van der Waals surface area contributed by atoms with Gasteiger partial charge in [-0.25, -0.2) is 0 Å². The van der Waals surface area contributed by atoms with E-state index in [-0.39, 0.29) is 29.9 Å². The number of nitro benzene ring substituents is 1. The number of carbonyl (C=O) groups is 4. The van der Waals surface area contributed by atoms with Gasteiger partial charge in [-0.3, -0.25) is 34.2 Å². The average Bonchev–Trinajstić information content (AvgIpc) is 2.98. The number of nitro groups is 1. The summed E-state index contributed by atoms with van der Waals surface area (Å²) in [5.74, 6) is -2.83. The van der Waals surface area contributed by atoms with Crippen LogP contribution in [0, 0.1) is 10.1 Å². The first-order chi connectivity index (χ1) is 14.3. The van der Waals surface area contributed by atoms with Crippen LogP contribution in [0.25, 0.3) is 0 Å². The van der Waals surface area contributed by atoms with Crippen LogP contribution in [-0.2, 0) is 20.9 Å². The second-order valence-corrected chi connectivity index (χ2v) is 6.49. The monoisotopic (exact) mass is 411 g/mol. The van der Waals surface area contributed by atoms with Crippen molar-refractivity contribution >= 4 is 29.4 Å². The van der Waals surface area contributed by atoms with E-state index in [0.29, 0.717) is 4.90 Å². The van der Waals surface area contributed by atoms with Crippen molar-refractivity contribution in [2.24, 2.45) is 0 Å². The maximum atomic E-state index is 12.8. The van der Waals surface area contributed by atoms with Crippen molar-refractivity contribution in [3.8, 4) is 0 Å². The van der Waals surface area contributed by atoms with Gasteiger partial charge < -0.3 is 9.64 Å². The van der Waals surface area contributed by atoms with E-state index in [1.54, 1.807) is 30.3 Å². The molecule has 0 unspecified atom stereocenters. The molecule has 0 saturated carbocycles. The molecule has 0 N–H and O–H groups in total. The SMILES string of the molecule is COC(=O)CN(Cc1ccccc1)C(=O)CN1C(=O)c2ccc([N+](=O)[O-])cc2C1=O. The van der Waals surface area contributed by atoms with E-state index in [0.717, 1.165) is 17.7 Å². The topological polar surface area (TPSA) is 127 Å². The summed E-state index contributed by atoms with van der Waals surface area (Å²) >= 11 is 0. The van der Waals surface area contributed by atoms with E-state index in [1.165, 1.54) is 18.1 Å². The lowest BCUT2D eigenvalue weighted by Crippen LogP contribution is -2.44. The number of esters is 1. The molecule has 1 aliphatic heterocycles. The highest BCUT2D eigenvalue weighted by molar-refractivity contribution is 6.22. The van der Waals surface area contributed by atoms with Crippen LogP contribution in [0.5, 0.6) is 0 Å². The molecule has 3 rings (SSSR count). The minimum atomic E-state index is -0.801. The van der Waals surface area contributed by atoms with Gasteiger partial charge in [-0.2, -0.15) is 0 Å². The van der Waals surface area contributed by atoms with Crippen LogP contribution in [0.4, 0.5) is 5.69 Å². The zero-order valence-electron chi connectivity index (χ0n) is 15.9. The molecule has 0 aromatic heterocycles. The molecule has 2 aromatic rings. The Morgan fingerprint density at radius 2 is 1.73 bits per heavy atom. The van der Waals surface area contributed by atoms with E-state index in [4.69, 9.17) is 0 Å². The first-order valence-electron chi connectivity index (χ1n) is 8.85. The molecule has 0 aliphatic carbocycles. The fourth-order valence-electron chi connectivity index (χ4n) is 3.03. The molecule has 10 nitrogen and oxygen atoms in total. The van der Waals surface area contributed by atoms with E-state index in [9.17, 15) is 29.3 Å². The minimum Gasteiger partial charge on any atom is -0.468 e. The van der Waals surface area contributed by atoms with Gasteiger partial charge in [-0.1, -0.05) is 30.3 Å². The summed E-state index contributed by atoms with van der Waals surface area (Å²) in [7, 11) is 1.19. The third-order valence-electron chi connectivity index (χ3n) is 4.58. The van der Waals surface area contributed by atoms with E-state index < -0.39 is 35.2 Å². The molecule has 1 heterocycles. The molecule has 0 atom stereocenters. The lowest BCUT2D eigenvalue weighted by Gasteiger charge is -2.24. The summed E-state index contributed by atoms with van der Waals surface area (Å²) in [6, 6.07) is 12.2. The highest BCUT2D eigenvalue weighted by Crippen LogP contribution is 2.26. The smallest absolute Gasteiger partial charge is 0.325 e. The number of hydrogen-bond acceptors (Lipinski definition) is 7. The summed E-state index contributed by atoms with van der Waals surface area (Å²) in [5.41, 5.74) is 0.262. The number of carbonyl (C=O) groups excluding carboxylic acids is 4. The second-order valence-electron chi connectivity index (χ2n) is 6.49. The number of nitrogens with zero attached hydrogens (tertiary/aromatic N) is 3. The first-order valence-corrected chi connectivity index (χ1v) is 8.85. The van der Waals surface area contributed by atoms with Crippen LogP contribution in [0.1, 0.15) is 26.3 Å². The fourth-order valence-corrected chi connectivity index (χ4v) is 3.03. The van der Waals surface area contributed by atoms with Gasteiger partial charge in [0.15, 0.2) is 0 Å². The molecule has 1 aliphatic rings. The number of benzene rings is 2. The van der Waals surface area contributed by atoms with Crippen LogP contribution >= 0.6 is 0 Å². The van der Waals surface area contributed by atoms with Crippen molar-refractivity contribution in [1.82, 2.24) is 9.80 Å². The van der Waals surface area contributed by atoms with Crippen molar-refractivity contribution in [1.29, 1.82) is 0 Å². The molecule has 30 heavy (non-hydrogen) atoms. The molecule has 0 fully saturated rings. The zero-order chi connectivity index (χ0) is 21.8. The van der Waals surface area contributed by atoms with Crippen LogP contribution < -0.4 is 0 Å². The van der Waals surface area contributed by atoms with Gasteiger partial charge in [0.2, 0.25) is 5.91 Å². The van der Waals surface area contributed by atoms with Gasteiger partial charge in [0.05, 0.1) is 23.2 Å².